The standard InChI is InChI=1S/C21H18ClN5O3/c1-13-3-6-15(7-4-13)30-20-19-25-27(21(29)26(19)10-9-23-20)12-18(28)24-17-8-5-14(2)11-16(17)22/h3-11H,12H2,1-2H3,(H,24,28). The molecule has 4 rings (SSSR count). The van der Waals surface area contributed by atoms with Crippen LogP contribution in [0, 0.1) is 13.8 Å². The fourth-order valence-electron chi connectivity index (χ4n) is 2.87. The highest BCUT2D eigenvalue weighted by Crippen LogP contribution is 2.23. The van der Waals surface area contributed by atoms with Crippen molar-refractivity contribution in [1.82, 2.24) is 19.2 Å². The summed E-state index contributed by atoms with van der Waals surface area (Å²) in [4.78, 5) is 29.3. The first-order valence-electron chi connectivity index (χ1n) is 9.15. The molecule has 9 heteroatoms. The molecular weight excluding hydrogens is 406 g/mol. The molecule has 2 heterocycles. The molecule has 0 unspecified atom stereocenters. The number of amides is 1. The molecule has 0 saturated carbocycles. The lowest BCUT2D eigenvalue weighted by Gasteiger charge is -2.07. The molecule has 1 amide bonds. The van der Waals surface area contributed by atoms with E-state index in [-0.39, 0.29) is 18.1 Å². The number of benzene rings is 2. The molecule has 0 radical (unpaired) electrons. The second-order valence-corrected chi connectivity index (χ2v) is 7.22. The van der Waals surface area contributed by atoms with E-state index in [4.69, 9.17) is 16.3 Å². The van der Waals surface area contributed by atoms with Gasteiger partial charge in [-0.05, 0) is 43.7 Å². The number of ether oxygens (including phenoxy) is 1. The van der Waals surface area contributed by atoms with Gasteiger partial charge in [0.1, 0.15) is 12.3 Å². The molecule has 8 nitrogen and oxygen atoms in total. The molecule has 0 atom stereocenters. The van der Waals surface area contributed by atoms with E-state index >= 15 is 0 Å². The minimum atomic E-state index is -0.480. The zero-order chi connectivity index (χ0) is 21.3. The van der Waals surface area contributed by atoms with Gasteiger partial charge < -0.3 is 10.1 Å². The van der Waals surface area contributed by atoms with Crippen molar-refractivity contribution < 1.29 is 9.53 Å². The molecule has 0 saturated heterocycles. The Hall–Kier alpha value is -3.65. The van der Waals surface area contributed by atoms with Gasteiger partial charge in [0.2, 0.25) is 11.6 Å². The molecule has 0 aliphatic heterocycles. The van der Waals surface area contributed by atoms with Crippen LogP contribution >= 0.6 is 11.6 Å². The number of nitrogens with one attached hydrogen (secondary N) is 1. The number of carbonyl (C=O) groups excluding carboxylic acids is 1. The first-order chi connectivity index (χ1) is 14.4. The molecule has 30 heavy (non-hydrogen) atoms. The molecule has 0 aliphatic carbocycles. The number of hydrogen-bond donors (Lipinski definition) is 1. The van der Waals surface area contributed by atoms with Crippen molar-refractivity contribution >= 4 is 28.8 Å². The van der Waals surface area contributed by atoms with E-state index in [2.05, 4.69) is 15.4 Å². The maximum absolute atomic E-state index is 12.7. The van der Waals surface area contributed by atoms with Crippen molar-refractivity contribution in [3.63, 3.8) is 0 Å². The number of fused-ring (bicyclic) bond motifs is 1. The molecule has 0 spiro atoms. The molecule has 2 aromatic heterocycles. The van der Waals surface area contributed by atoms with Crippen LogP contribution in [0.4, 0.5) is 5.69 Å². The smallest absolute Gasteiger partial charge is 0.351 e. The lowest BCUT2D eigenvalue weighted by molar-refractivity contribution is -0.117. The zero-order valence-electron chi connectivity index (χ0n) is 16.3. The molecule has 1 N–H and O–H groups in total. The number of nitrogens with zero attached hydrogens (tertiary/aromatic N) is 4. The first kappa shape index (κ1) is 19.7. The van der Waals surface area contributed by atoms with E-state index < -0.39 is 11.6 Å². The van der Waals surface area contributed by atoms with E-state index in [0.29, 0.717) is 16.5 Å². The molecule has 0 aliphatic rings. The summed E-state index contributed by atoms with van der Waals surface area (Å²) in [6.45, 7) is 3.59. The minimum absolute atomic E-state index is 0.166. The quantitative estimate of drug-likeness (QED) is 0.529. The second-order valence-electron chi connectivity index (χ2n) is 6.81. The highest BCUT2D eigenvalue weighted by atomic mass is 35.5. The minimum Gasteiger partial charge on any atom is -0.436 e. The molecule has 152 valence electrons. The highest BCUT2D eigenvalue weighted by Gasteiger charge is 2.16. The van der Waals surface area contributed by atoms with Gasteiger partial charge in [0.05, 0.1) is 10.7 Å². The largest absolute Gasteiger partial charge is 0.436 e. The number of carbonyl (C=O) groups is 1. The third kappa shape index (κ3) is 4.04. The second kappa shape index (κ2) is 8.00. The van der Waals surface area contributed by atoms with Gasteiger partial charge in [-0.3, -0.25) is 4.79 Å². The van der Waals surface area contributed by atoms with E-state index in [1.807, 2.05) is 32.0 Å². The van der Waals surface area contributed by atoms with E-state index in [1.54, 1.807) is 24.3 Å². The number of rotatable bonds is 5. The summed E-state index contributed by atoms with van der Waals surface area (Å²) < 4.78 is 8.11. The fourth-order valence-corrected chi connectivity index (χ4v) is 3.15. The Balaban J connectivity index is 1.59. The Bertz CT molecular complexity index is 1290. The van der Waals surface area contributed by atoms with E-state index in [9.17, 15) is 9.59 Å². The summed E-state index contributed by atoms with van der Waals surface area (Å²) in [5.41, 5.74) is 2.27. The summed E-state index contributed by atoms with van der Waals surface area (Å²) in [6.07, 6.45) is 2.91. The summed E-state index contributed by atoms with van der Waals surface area (Å²) in [6, 6.07) is 12.7. The average molecular weight is 424 g/mol. The van der Waals surface area contributed by atoms with Gasteiger partial charge in [0, 0.05) is 12.4 Å². The number of aryl methyl sites for hydroxylation is 2. The van der Waals surface area contributed by atoms with Gasteiger partial charge in [0.25, 0.3) is 5.88 Å². The van der Waals surface area contributed by atoms with Crippen LogP contribution in [-0.4, -0.2) is 25.1 Å². The van der Waals surface area contributed by atoms with E-state index in [1.165, 1.54) is 16.8 Å². The van der Waals surface area contributed by atoms with Crippen LogP contribution in [-0.2, 0) is 11.3 Å². The van der Waals surface area contributed by atoms with Crippen molar-refractivity contribution in [3.05, 3.63) is 81.5 Å². The summed E-state index contributed by atoms with van der Waals surface area (Å²) in [7, 11) is 0. The Morgan fingerprint density at radius 1 is 1.13 bits per heavy atom. The Kier molecular flexibility index (Phi) is 5.24. The summed E-state index contributed by atoms with van der Waals surface area (Å²) >= 11 is 6.15. The Labute approximate surface area is 176 Å². The third-order valence-corrected chi connectivity index (χ3v) is 4.71. The molecule has 0 bridgehead atoms. The Morgan fingerprint density at radius 3 is 2.60 bits per heavy atom. The fraction of sp³-hybridized carbons (Fsp3) is 0.143. The third-order valence-electron chi connectivity index (χ3n) is 4.40. The summed E-state index contributed by atoms with van der Waals surface area (Å²) in [5.74, 6) is 0.300. The van der Waals surface area contributed by atoms with Gasteiger partial charge in [-0.1, -0.05) is 35.4 Å². The number of anilines is 1. The molecule has 4 aromatic rings. The van der Waals surface area contributed by atoms with Crippen LogP contribution in [0.3, 0.4) is 0 Å². The number of hydrogen-bond acceptors (Lipinski definition) is 5. The van der Waals surface area contributed by atoms with E-state index in [0.717, 1.165) is 15.8 Å². The van der Waals surface area contributed by atoms with Crippen LogP contribution < -0.4 is 15.7 Å². The Morgan fingerprint density at radius 2 is 1.87 bits per heavy atom. The SMILES string of the molecule is Cc1ccc(Oc2nccn3c(=O)n(CC(=O)Nc4ccc(C)cc4Cl)nc23)cc1. The van der Waals surface area contributed by atoms with Crippen LogP contribution in [0.25, 0.3) is 5.65 Å². The topological polar surface area (TPSA) is 90.5 Å². The molecule has 0 fully saturated rings. The van der Waals surface area contributed by atoms with Gasteiger partial charge in [-0.2, -0.15) is 0 Å². The zero-order valence-corrected chi connectivity index (χ0v) is 17.1. The predicted molar refractivity (Wildman–Crippen MR) is 113 cm³/mol. The van der Waals surface area contributed by atoms with Crippen molar-refractivity contribution in [2.45, 2.75) is 20.4 Å². The molecular formula is C21H18ClN5O3. The van der Waals surface area contributed by atoms with Crippen LogP contribution in [0.15, 0.2) is 59.7 Å². The lowest BCUT2D eigenvalue weighted by atomic mass is 10.2. The molecule has 2 aromatic carbocycles. The van der Waals surface area contributed by atoms with Crippen molar-refractivity contribution in [1.29, 1.82) is 0 Å². The van der Waals surface area contributed by atoms with Crippen LogP contribution in [0.5, 0.6) is 11.6 Å². The van der Waals surface area contributed by atoms with Gasteiger partial charge in [-0.25, -0.2) is 18.9 Å². The van der Waals surface area contributed by atoms with Gasteiger partial charge in [-0.15, -0.1) is 5.10 Å². The van der Waals surface area contributed by atoms with Crippen molar-refractivity contribution in [3.8, 4) is 11.6 Å². The normalized spacial score (nSPS) is 10.9. The van der Waals surface area contributed by atoms with Crippen molar-refractivity contribution in [2.75, 3.05) is 5.32 Å². The van der Waals surface area contributed by atoms with Gasteiger partial charge in [0.15, 0.2) is 0 Å². The average Bonchev–Trinajstić information content (AvgIpc) is 3.02. The lowest BCUT2D eigenvalue weighted by Crippen LogP contribution is -2.28. The predicted octanol–water partition coefficient (Wildman–Crippen LogP) is 3.59. The van der Waals surface area contributed by atoms with Crippen LogP contribution in [0.1, 0.15) is 11.1 Å². The maximum atomic E-state index is 12.7. The number of aromatic nitrogens is 4. The highest BCUT2D eigenvalue weighted by molar-refractivity contribution is 6.33. The van der Waals surface area contributed by atoms with Gasteiger partial charge >= 0.3 is 5.69 Å². The number of halogens is 1. The van der Waals surface area contributed by atoms with Crippen LogP contribution in [0.2, 0.25) is 5.02 Å². The van der Waals surface area contributed by atoms with Crippen molar-refractivity contribution in [2.24, 2.45) is 0 Å². The first-order valence-corrected chi connectivity index (χ1v) is 9.53. The summed E-state index contributed by atoms with van der Waals surface area (Å²) in [5, 5.41) is 7.34. The monoisotopic (exact) mass is 423 g/mol. The maximum Gasteiger partial charge on any atom is 0.351 e.